The van der Waals surface area contributed by atoms with Gasteiger partial charge in [0.25, 0.3) is 0 Å². The van der Waals surface area contributed by atoms with Gasteiger partial charge in [0.05, 0.1) is 0 Å². The Labute approximate surface area is 121 Å². The molecule has 4 heteroatoms. The first-order valence-corrected chi connectivity index (χ1v) is 6.48. The van der Waals surface area contributed by atoms with Crippen LogP contribution < -0.4 is 5.32 Å². The van der Waals surface area contributed by atoms with Crippen molar-refractivity contribution >= 4 is 17.5 Å². The van der Waals surface area contributed by atoms with E-state index in [4.69, 9.17) is 9.52 Å². The molecule has 0 radical (unpaired) electrons. The molecule has 2 N–H and O–H groups in total. The van der Waals surface area contributed by atoms with E-state index in [0.29, 0.717) is 5.88 Å². The summed E-state index contributed by atoms with van der Waals surface area (Å²) in [6.45, 7) is 0. The first kappa shape index (κ1) is 13.0. The SMILES string of the molecule is O=C(O)c1ccc(Nc2ccc(-c3ccccc3)cc2)o1. The summed E-state index contributed by atoms with van der Waals surface area (Å²) in [5.41, 5.74) is 3.10. The molecule has 0 unspecified atom stereocenters. The van der Waals surface area contributed by atoms with E-state index in [0.717, 1.165) is 16.8 Å². The molecule has 0 atom stereocenters. The average molecular weight is 279 g/mol. The molecule has 1 heterocycles. The monoisotopic (exact) mass is 279 g/mol. The predicted octanol–water partition coefficient (Wildman–Crippen LogP) is 4.39. The summed E-state index contributed by atoms with van der Waals surface area (Å²) in [5, 5.41) is 11.8. The van der Waals surface area contributed by atoms with E-state index in [1.165, 1.54) is 6.07 Å². The zero-order valence-corrected chi connectivity index (χ0v) is 11.1. The number of rotatable bonds is 4. The molecule has 0 spiro atoms. The maximum absolute atomic E-state index is 10.7. The van der Waals surface area contributed by atoms with Crippen molar-refractivity contribution in [2.24, 2.45) is 0 Å². The molecule has 0 amide bonds. The summed E-state index contributed by atoms with van der Waals surface area (Å²) in [6.07, 6.45) is 0. The number of carbonyl (C=O) groups is 1. The molecule has 1 aromatic heterocycles. The number of carboxylic acid groups (broad SMARTS) is 1. The first-order chi connectivity index (χ1) is 10.2. The minimum Gasteiger partial charge on any atom is -0.475 e. The van der Waals surface area contributed by atoms with Gasteiger partial charge in [0.2, 0.25) is 5.76 Å². The Kier molecular flexibility index (Phi) is 3.43. The van der Waals surface area contributed by atoms with Gasteiger partial charge in [-0.2, -0.15) is 0 Å². The standard InChI is InChI=1S/C17H13NO3/c19-17(20)15-10-11-16(21-15)18-14-8-6-13(7-9-14)12-4-2-1-3-5-12/h1-11,18H,(H,19,20). The van der Waals surface area contributed by atoms with Crippen LogP contribution in [0.2, 0.25) is 0 Å². The Morgan fingerprint density at radius 2 is 1.52 bits per heavy atom. The van der Waals surface area contributed by atoms with Gasteiger partial charge in [0.1, 0.15) is 0 Å². The Balaban J connectivity index is 1.76. The van der Waals surface area contributed by atoms with Crippen molar-refractivity contribution < 1.29 is 14.3 Å². The van der Waals surface area contributed by atoms with Crippen LogP contribution >= 0.6 is 0 Å². The molecule has 0 saturated heterocycles. The Hall–Kier alpha value is -3.01. The van der Waals surface area contributed by atoms with Gasteiger partial charge in [-0.25, -0.2) is 4.79 Å². The summed E-state index contributed by atoms with van der Waals surface area (Å²) in [4.78, 5) is 10.7. The van der Waals surface area contributed by atoms with Gasteiger partial charge in [0.15, 0.2) is 5.88 Å². The normalized spacial score (nSPS) is 10.3. The molecule has 0 saturated carbocycles. The Morgan fingerprint density at radius 1 is 0.857 bits per heavy atom. The molecular formula is C17H13NO3. The van der Waals surface area contributed by atoms with Crippen molar-refractivity contribution in [3.8, 4) is 11.1 Å². The summed E-state index contributed by atoms with van der Waals surface area (Å²) < 4.78 is 5.15. The molecule has 0 aliphatic carbocycles. The van der Waals surface area contributed by atoms with E-state index in [2.05, 4.69) is 5.32 Å². The zero-order chi connectivity index (χ0) is 14.7. The maximum Gasteiger partial charge on any atom is 0.371 e. The molecule has 2 aromatic carbocycles. The largest absolute Gasteiger partial charge is 0.475 e. The van der Waals surface area contributed by atoms with Crippen LogP contribution in [0.15, 0.2) is 71.1 Å². The second kappa shape index (κ2) is 5.54. The summed E-state index contributed by atoms with van der Waals surface area (Å²) >= 11 is 0. The number of benzene rings is 2. The summed E-state index contributed by atoms with van der Waals surface area (Å²) in [6, 6.07) is 20.9. The Bertz CT molecular complexity index is 745. The van der Waals surface area contributed by atoms with Crippen LogP contribution in [0, 0.1) is 0 Å². The number of hydrogen-bond donors (Lipinski definition) is 2. The van der Waals surface area contributed by atoms with Gasteiger partial charge in [-0.1, -0.05) is 42.5 Å². The molecule has 3 aromatic rings. The lowest BCUT2D eigenvalue weighted by Crippen LogP contribution is -1.92. The molecule has 0 aliphatic heterocycles. The number of nitrogens with one attached hydrogen (secondary N) is 1. The van der Waals surface area contributed by atoms with Crippen LogP contribution in [0.25, 0.3) is 11.1 Å². The van der Waals surface area contributed by atoms with Crippen molar-refractivity contribution in [3.05, 3.63) is 72.5 Å². The first-order valence-electron chi connectivity index (χ1n) is 6.48. The lowest BCUT2D eigenvalue weighted by molar-refractivity contribution is 0.0663. The number of hydrogen-bond acceptors (Lipinski definition) is 3. The van der Waals surface area contributed by atoms with Crippen molar-refractivity contribution in [1.29, 1.82) is 0 Å². The molecule has 104 valence electrons. The highest BCUT2D eigenvalue weighted by Crippen LogP contribution is 2.24. The van der Waals surface area contributed by atoms with Crippen molar-refractivity contribution in [1.82, 2.24) is 0 Å². The summed E-state index contributed by atoms with van der Waals surface area (Å²) in [5.74, 6) is -0.763. The van der Waals surface area contributed by atoms with Gasteiger partial charge in [-0.15, -0.1) is 0 Å². The lowest BCUT2D eigenvalue weighted by atomic mass is 10.1. The van der Waals surface area contributed by atoms with Gasteiger partial charge in [-0.3, -0.25) is 0 Å². The van der Waals surface area contributed by atoms with Gasteiger partial charge >= 0.3 is 5.97 Å². The third kappa shape index (κ3) is 2.95. The molecule has 0 fully saturated rings. The number of carboxylic acids is 1. The van der Waals surface area contributed by atoms with E-state index < -0.39 is 5.97 Å². The average Bonchev–Trinajstić information content (AvgIpc) is 2.98. The smallest absolute Gasteiger partial charge is 0.371 e. The minimum absolute atomic E-state index is 0.0848. The van der Waals surface area contributed by atoms with E-state index in [1.807, 2.05) is 54.6 Å². The minimum atomic E-state index is -1.08. The van der Waals surface area contributed by atoms with Crippen LogP contribution in [-0.4, -0.2) is 11.1 Å². The fourth-order valence-corrected chi connectivity index (χ4v) is 2.04. The number of anilines is 2. The molecule has 4 nitrogen and oxygen atoms in total. The second-order valence-electron chi connectivity index (χ2n) is 4.54. The third-order valence-electron chi connectivity index (χ3n) is 3.08. The second-order valence-corrected chi connectivity index (χ2v) is 4.54. The van der Waals surface area contributed by atoms with Crippen LogP contribution in [0.4, 0.5) is 11.6 Å². The molecule has 3 rings (SSSR count). The molecule has 0 aliphatic rings. The van der Waals surface area contributed by atoms with E-state index in [9.17, 15) is 4.79 Å². The maximum atomic E-state index is 10.7. The van der Waals surface area contributed by atoms with Crippen LogP contribution in [0.3, 0.4) is 0 Å². The quantitative estimate of drug-likeness (QED) is 0.743. The summed E-state index contributed by atoms with van der Waals surface area (Å²) in [7, 11) is 0. The fourth-order valence-electron chi connectivity index (χ4n) is 2.04. The highest BCUT2D eigenvalue weighted by Gasteiger charge is 2.08. The predicted molar refractivity (Wildman–Crippen MR) is 80.8 cm³/mol. The topological polar surface area (TPSA) is 62.5 Å². The van der Waals surface area contributed by atoms with Crippen molar-refractivity contribution in [2.75, 3.05) is 5.32 Å². The Morgan fingerprint density at radius 3 is 2.14 bits per heavy atom. The lowest BCUT2D eigenvalue weighted by Gasteiger charge is -2.05. The fraction of sp³-hybridized carbons (Fsp3) is 0. The van der Waals surface area contributed by atoms with Crippen LogP contribution in [0.5, 0.6) is 0 Å². The van der Waals surface area contributed by atoms with Crippen molar-refractivity contribution in [2.45, 2.75) is 0 Å². The van der Waals surface area contributed by atoms with Gasteiger partial charge in [0, 0.05) is 11.8 Å². The highest BCUT2D eigenvalue weighted by molar-refractivity contribution is 5.85. The zero-order valence-electron chi connectivity index (χ0n) is 11.1. The number of furan rings is 1. The molecular weight excluding hydrogens is 266 g/mol. The van der Waals surface area contributed by atoms with Gasteiger partial charge < -0.3 is 14.8 Å². The van der Waals surface area contributed by atoms with Crippen LogP contribution in [-0.2, 0) is 0 Å². The van der Waals surface area contributed by atoms with Crippen molar-refractivity contribution in [3.63, 3.8) is 0 Å². The number of aromatic carboxylic acids is 1. The van der Waals surface area contributed by atoms with E-state index in [1.54, 1.807) is 6.07 Å². The van der Waals surface area contributed by atoms with Gasteiger partial charge in [-0.05, 0) is 29.3 Å². The molecule has 0 bridgehead atoms. The van der Waals surface area contributed by atoms with E-state index in [-0.39, 0.29) is 5.76 Å². The van der Waals surface area contributed by atoms with Crippen LogP contribution in [0.1, 0.15) is 10.6 Å². The van der Waals surface area contributed by atoms with E-state index >= 15 is 0 Å². The highest BCUT2D eigenvalue weighted by atomic mass is 16.4. The molecule has 21 heavy (non-hydrogen) atoms. The third-order valence-corrected chi connectivity index (χ3v) is 3.08.